The SMILES string of the molecule is CCCCOc1cc(NC)nc(C(C)(C)C)n1. The van der Waals surface area contributed by atoms with E-state index in [1.807, 2.05) is 13.1 Å². The Kier molecular flexibility index (Phi) is 4.73. The molecule has 0 fully saturated rings. The molecular weight excluding hydrogens is 214 g/mol. The van der Waals surface area contributed by atoms with Crippen molar-refractivity contribution in [1.29, 1.82) is 0 Å². The van der Waals surface area contributed by atoms with Gasteiger partial charge in [-0.1, -0.05) is 34.1 Å². The molecule has 0 amide bonds. The molecule has 0 unspecified atom stereocenters. The van der Waals surface area contributed by atoms with Crippen LogP contribution in [0, 0.1) is 0 Å². The summed E-state index contributed by atoms with van der Waals surface area (Å²) in [4.78, 5) is 8.90. The molecule has 1 heterocycles. The highest BCUT2D eigenvalue weighted by atomic mass is 16.5. The van der Waals surface area contributed by atoms with Crippen molar-refractivity contribution in [3.05, 3.63) is 11.9 Å². The molecule has 0 saturated heterocycles. The molecule has 0 aliphatic carbocycles. The monoisotopic (exact) mass is 237 g/mol. The fraction of sp³-hybridized carbons (Fsp3) is 0.692. The van der Waals surface area contributed by atoms with Gasteiger partial charge in [-0.05, 0) is 6.42 Å². The number of aromatic nitrogens is 2. The van der Waals surface area contributed by atoms with Crippen molar-refractivity contribution in [2.24, 2.45) is 0 Å². The average molecular weight is 237 g/mol. The number of hydrogen-bond donors (Lipinski definition) is 1. The number of hydrogen-bond acceptors (Lipinski definition) is 4. The van der Waals surface area contributed by atoms with Crippen molar-refractivity contribution in [3.63, 3.8) is 0 Å². The Morgan fingerprint density at radius 3 is 2.53 bits per heavy atom. The minimum atomic E-state index is -0.0737. The largest absolute Gasteiger partial charge is 0.478 e. The topological polar surface area (TPSA) is 47.0 Å². The predicted molar refractivity (Wildman–Crippen MR) is 70.7 cm³/mol. The minimum absolute atomic E-state index is 0.0737. The zero-order valence-electron chi connectivity index (χ0n) is 11.5. The van der Waals surface area contributed by atoms with E-state index in [0.29, 0.717) is 12.5 Å². The maximum Gasteiger partial charge on any atom is 0.218 e. The summed E-state index contributed by atoms with van der Waals surface area (Å²) in [7, 11) is 1.85. The summed E-state index contributed by atoms with van der Waals surface area (Å²) in [6.07, 6.45) is 2.17. The molecule has 1 rings (SSSR count). The molecule has 0 aliphatic rings. The highest BCUT2D eigenvalue weighted by Gasteiger charge is 2.19. The van der Waals surface area contributed by atoms with Gasteiger partial charge in [-0.3, -0.25) is 0 Å². The predicted octanol–water partition coefficient (Wildman–Crippen LogP) is 2.99. The molecule has 1 N–H and O–H groups in total. The van der Waals surface area contributed by atoms with Crippen LogP contribution in [0.1, 0.15) is 46.4 Å². The van der Waals surface area contributed by atoms with Gasteiger partial charge in [0.15, 0.2) is 0 Å². The van der Waals surface area contributed by atoms with Crippen LogP contribution in [-0.2, 0) is 5.41 Å². The first-order chi connectivity index (χ1) is 7.97. The molecule has 0 radical (unpaired) electrons. The Balaban J connectivity index is 2.89. The Morgan fingerprint density at radius 2 is 2.00 bits per heavy atom. The van der Waals surface area contributed by atoms with Crippen LogP contribution < -0.4 is 10.1 Å². The van der Waals surface area contributed by atoms with Crippen molar-refractivity contribution in [2.75, 3.05) is 19.0 Å². The van der Waals surface area contributed by atoms with Gasteiger partial charge in [0.25, 0.3) is 0 Å². The summed E-state index contributed by atoms with van der Waals surface area (Å²) < 4.78 is 5.63. The van der Waals surface area contributed by atoms with Gasteiger partial charge in [-0.15, -0.1) is 0 Å². The fourth-order valence-electron chi connectivity index (χ4n) is 1.28. The van der Waals surface area contributed by atoms with E-state index < -0.39 is 0 Å². The summed E-state index contributed by atoms with van der Waals surface area (Å²) in [6.45, 7) is 9.13. The molecule has 0 atom stereocenters. The molecular formula is C13H23N3O. The second-order valence-corrected chi connectivity index (χ2v) is 5.12. The van der Waals surface area contributed by atoms with E-state index >= 15 is 0 Å². The van der Waals surface area contributed by atoms with E-state index in [1.54, 1.807) is 0 Å². The highest BCUT2D eigenvalue weighted by molar-refractivity contribution is 5.38. The van der Waals surface area contributed by atoms with Crippen LogP contribution in [0.15, 0.2) is 6.07 Å². The number of unbranched alkanes of at least 4 members (excludes halogenated alkanes) is 1. The summed E-state index contributed by atoms with van der Waals surface area (Å²) in [5, 5.41) is 3.04. The van der Waals surface area contributed by atoms with E-state index in [1.165, 1.54) is 0 Å². The van der Waals surface area contributed by atoms with Gasteiger partial charge < -0.3 is 10.1 Å². The summed E-state index contributed by atoms with van der Waals surface area (Å²) >= 11 is 0. The molecule has 0 aromatic carbocycles. The lowest BCUT2D eigenvalue weighted by Crippen LogP contribution is -2.17. The number of nitrogens with one attached hydrogen (secondary N) is 1. The third-order valence-electron chi connectivity index (χ3n) is 2.38. The molecule has 17 heavy (non-hydrogen) atoms. The van der Waals surface area contributed by atoms with Gasteiger partial charge in [0.05, 0.1) is 6.61 Å². The normalized spacial score (nSPS) is 11.4. The Bertz CT molecular complexity index is 358. The first-order valence-corrected chi connectivity index (χ1v) is 6.17. The molecule has 1 aromatic rings. The molecule has 0 aliphatic heterocycles. The molecule has 0 spiro atoms. The van der Waals surface area contributed by atoms with Crippen LogP contribution in [0.25, 0.3) is 0 Å². The molecule has 0 bridgehead atoms. The Hall–Kier alpha value is -1.32. The first-order valence-electron chi connectivity index (χ1n) is 6.17. The van der Waals surface area contributed by atoms with Gasteiger partial charge in [0.1, 0.15) is 11.6 Å². The zero-order valence-corrected chi connectivity index (χ0v) is 11.5. The fourth-order valence-corrected chi connectivity index (χ4v) is 1.28. The lowest BCUT2D eigenvalue weighted by atomic mass is 9.96. The number of rotatable bonds is 5. The smallest absolute Gasteiger partial charge is 0.218 e. The van der Waals surface area contributed by atoms with Crippen molar-refractivity contribution < 1.29 is 4.74 Å². The van der Waals surface area contributed by atoms with E-state index in [0.717, 1.165) is 24.5 Å². The molecule has 1 aromatic heterocycles. The number of nitrogens with zero attached hydrogens (tertiary/aromatic N) is 2. The lowest BCUT2D eigenvalue weighted by Gasteiger charge is -2.18. The molecule has 0 saturated carbocycles. The number of anilines is 1. The van der Waals surface area contributed by atoms with Gasteiger partial charge >= 0.3 is 0 Å². The highest BCUT2D eigenvalue weighted by Crippen LogP contribution is 2.23. The van der Waals surface area contributed by atoms with Crippen LogP contribution in [0.4, 0.5) is 5.82 Å². The zero-order chi connectivity index (χ0) is 12.9. The van der Waals surface area contributed by atoms with Crippen LogP contribution in [0.5, 0.6) is 5.88 Å². The Labute approximate surface area is 104 Å². The van der Waals surface area contributed by atoms with Crippen LogP contribution in [0.3, 0.4) is 0 Å². The van der Waals surface area contributed by atoms with Gasteiger partial charge in [-0.25, -0.2) is 4.98 Å². The third-order valence-corrected chi connectivity index (χ3v) is 2.38. The third kappa shape index (κ3) is 4.21. The standard InChI is InChI=1S/C13H23N3O/c1-6-7-8-17-11-9-10(14-5)15-12(16-11)13(2,3)4/h9H,6-8H2,1-5H3,(H,14,15,16). The van der Waals surface area contributed by atoms with Crippen LogP contribution >= 0.6 is 0 Å². The van der Waals surface area contributed by atoms with Crippen LogP contribution in [0.2, 0.25) is 0 Å². The second kappa shape index (κ2) is 5.84. The van der Waals surface area contributed by atoms with E-state index in [2.05, 4.69) is 43.0 Å². The van der Waals surface area contributed by atoms with Crippen LogP contribution in [-0.4, -0.2) is 23.6 Å². The first kappa shape index (κ1) is 13.7. The van der Waals surface area contributed by atoms with Gasteiger partial charge in [0.2, 0.25) is 5.88 Å². The van der Waals surface area contributed by atoms with Gasteiger partial charge in [0, 0.05) is 18.5 Å². The van der Waals surface area contributed by atoms with E-state index in [-0.39, 0.29) is 5.41 Å². The maximum absolute atomic E-state index is 5.63. The lowest BCUT2D eigenvalue weighted by molar-refractivity contribution is 0.294. The summed E-state index contributed by atoms with van der Waals surface area (Å²) in [5.41, 5.74) is -0.0737. The quantitative estimate of drug-likeness (QED) is 0.800. The van der Waals surface area contributed by atoms with Gasteiger partial charge in [-0.2, -0.15) is 4.98 Å². The maximum atomic E-state index is 5.63. The molecule has 4 nitrogen and oxygen atoms in total. The van der Waals surface area contributed by atoms with E-state index in [9.17, 15) is 0 Å². The second-order valence-electron chi connectivity index (χ2n) is 5.12. The molecule has 4 heteroatoms. The van der Waals surface area contributed by atoms with Crippen molar-refractivity contribution in [2.45, 2.75) is 46.0 Å². The van der Waals surface area contributed by atoms with Crippen molar-refractivity contribution in [1.82, 2.24) is 9.97 Å². The Morgan fingerprint density at radius 1 is 1.29 bits per heavy atom. The molecule has 96 valence electrons. The van der Waals surface area contributed by atoms with E-state index in [4.69, 9.17) is 4.74 Å². The van der Waals surface area contributed by atoms with Crippen molar-refractivity contribution >= 4 is 5.82 Å². The van der Waals surface area contributed by atoms with Crippen molar-refractivity contribution in [3.8, 4) is 5.88 Å². The summed E-state index contributed by atoms with van der Waals surface area (Å²) in [5.74, 6) is 2.26. The summed E-state index contributed by atoms with van der Waals surface area (Å²) in [6, 6.07) is 1.84. The number of ether oxygens (including phenoxy) is 1. The average Bonchev–Trinajstić information content (AvgIpc) is 2.28. The minimum Gasteiger partial charge on any atom is -0.478 e.